The molecule has 21 heavy (non-hydrogen) atoms. The van der Waals surface area contributed by atoms with Gasteiger partial charge in [-0.2, -0.15) is 5.10 Å². The first kappa shape index (κ1) is 16.1. The highest BCUT2D eigenvalue weighted by Gasteiger charge is 2.16. The van der Waals surface area contributed by atoms with Crippen molar-refractivity contribution in [2.24, 2.45) is 5.73 Å². The van der Waals surface area contributed by atoms with Gasteiger partial charge in [-0.25, -0.2) is 4.68 Å². The van der Waals surface area contributed by atoms with Crippen LogP contribution < -0.4 is 5.73 Å². The van der Waals surface area contributed by atoms with E-state index >= 15 is 0 Å². The van der Waals surface area contributed by atoms with Gasteiger partial charge in [-0.1, -0.05) is 31.5 Å². The van der Waals surface area contributed by atoms with Crippen LogP contribution in [0.3, 0.4) is 0 Å². The van der Waals surface area contributed by atoms with E-state index in [1.807, 2.05) is 16.8 Å². The maximum Gasteiger partial charge on any atom is 0.0696 e. The zero-order valence-electron chi connectivity index (χ0n) is 13.3. The van der Waals surface area contributed by atoms with Gasteiger partial charge >= 0.3 is 0 Å². The lowest BCUT2D eigenvalue weighted by molar-refractivity contribution is 0.641. The van der Waals surface area contributed by atoms with E-state index in [2.05, 4.69) is 33.8 Å². The molecule has 0 fully saturated rings. The Hall–Kier alpha value is -1.32. The molecular weight excluding hydrogens is 282 g/mol. The molecular formula is C17H24ClN3. The third kappa shape index (κ3) is 3.14. The second-order valence-corrected chi connectivity index (χ2v) is 5.93. The summed E-state index contributed by atoms with van der Waals surface area (Å²) in [5.74, 6) is 0. The number of hydrogen-bond acceptors (Lipinski definition) is 2. The summed E-state index contributed by atoms with van der Waals surface area (Å²) in [6, 6.07) is 6.09. The van der Waals surface area contributed by atoms with Gasteiger partial charge in [0.2, 0.25) is 0 Å². The number of nitrogens with two attached hydrogens (primary N) is 1. The van der Waals surface area contributed by atoms with Gasteiger partial charge < -0.3 is 5.73 Å². The smallest absolute Gasteiger partial charge is 0.0696 e. The van der Waals surface area contributed by atoms with E-state index in [-0.39, 0.29) is 6.04 Å². The standard InChI is InChI=1S/C17H24ClN3/c1-5-13(19)10-15-16(18)8-7-9-17(15)21-12(4)14(6-2)11(3)20-21/h7-9,13H,5-6,10,19H2,1-4H3. The molecule has 0 spiro atoms. The molecule has 2 rings (SSSR count). The van der Waals surface area contributed by atoms with Crippen LogP contribution in [0, 0.1) is 13.8 Å². The Morgan fingerprint density at radius 2 is 1.95 bits per heavy atom. The molecule has 1 aromatic heterocycles. The van der Waals surface area contributed by atoms with Crippen LogP contribution in [-0.4, -0.2) is 15.8 Å². The van der Waals surface area contributed by atoms with Crippen LogP contribution in [0.15, 0.2) is 18.2 Å². The third-order valence-electron chi connectivity index (χ3n) is 4.11. The van der Waals surface area contributed by atoms with Crippen molar-refractivity contribution in [2.75, 3.05) is 0 Å². The van der Waals surface area contributed by atoms with Crippen LogP contribution in [0.5, 0.6) is 0 Å². The Kier molecular flexibility index (Phi) is 5.07. The molecule has 1 aromatic carbocycles. The first-order chi connectivity index (χ1) is 9.99. The molecule has 0 saturated heterocycles. The van der Waals surface area contributed by atoms with Gasteiger partial charge in [-0.05, 0) is 56.4 Å². The van der Waals surface area contributed by atoms with Gasteiger partial charge in [0.25, 0.3) is 0 Å². The second kappa shape index (κ2) is 6.63. The highest BCUT2D eigenvalue weighted by molar-refractivity contribution is 6.31. The van der Waals surface area contributed by atoms with Crippen molar-refractivity contribution in [1.82, 2.24) is 9.78 Å². The molecule has 0 saturated carbocycles. The van der Waals surface area contributed by atoms with E-state index in [0.29, 0.717) is 0 Å². The molecule has 114 valence electrons. The lowest BCUT2D eigenvalue weighted by Crippen LogP contribution is -2.22. The van der Waals surface area contributed by atoms with Crippen molar-refractivity contribution in [3.8, 4) is 5.69 Å². The molecule has 0 aliphatic carbocycles. The van der Waals surface area contributed by atoms with Gasteiger partial charge in [0.05, 0.1) is 11.4 Å². The maximum atomic E-state index is 6.42. The highest BCUT2D eigenvalue weighted by Crippen LogP contribution is 2.27. The minimum absolute atomic E-state index is 0.117. The zero-order chi connectivity index (χ0) is 15.6. The molecule has 3 nitrogen and oxygen atoms in total. The lowest BCUT2D eigenvalue weighted by atomic mass is 10.0. The predicted octanol–water partition coefficient (Wildman–Crippen LogP) is 3.98. The first-order valence-corrected chi connectivity index (χ1v) is 7.95. The molecule has 2 aromatic rings. The van der Waals surface area contributed by atoms with Crippen LogP contribution in [0.25, 0.3) is 5.69 Å². The topological polar surface area (TPSA) is 43.8 Å². The minimum atomic E-state index is 0.117. The summed E-state index contributed by atoms with van der Waals surface area (Å²) in [5.41, 5.74) is 11.8. The van der Waals surface area contributed by atoms with E-state index < -0.39 is 0 Å². The van der Waals surface area contributed by atoms with Gasteiger partial charge in [-0.3, -0.25) is 0 Å². The molecule has 1 unspecified atom stereocenters. The summed E-state index contributed by atoms with van der Waals surface area (Å²) in [5, 5.41) is 5.47. The Labute approximate surface area is 132 Å². The van der Waals surface area contributed by atoms with Crippen molar-refractivity contribution < 1.29 is 0 Å². The molecule has 0 aliphatic rings. The Balaban J connectivity index is 2.56. The molecule has 1 heterocycles. The van der Waals surface area contributed by atoms with Crippen molar-refractivity contribution in [3.63, 3.8) is 0 Å². The summed E-state index contributed by atoms with van der Waals surface area (Å²) >= 11 is 6.42. The number of benzene rings is 1. The number of rotatable bonds is 5. The Morgan fingerprint density at radius 1 is 1.24 bits per heavy atom. The normalized spacial score (nSPS) is 12.7. The quantitative estimate of drug-likeness (QED) is 0.908. The van der Waals surface area contributed by atoms with Gasteiger partial charge in [0, 0.05) is 16.8 Å². The summed E-state index contributed by atoms with van der Waals surface area (Å²) in [6.07, 6.45) is 2.69. The molecule has 2 N–H and O–H groups in total. The number of hydrogen-bond donors (Lipinski definition) is 1. The van der Waals surface area contributed by atoms with Crippen LogP contribution in [-0.2, 0) is 12.8 Å². The molecule has 0 amide bonds. The summed E-state index contributed by atoms with van der Waals surface area (Å²) in [7, 11) is 0. The van der Waals surface area contributed by atoms with Gasteiger partial charge in [-0.15, -0.1) is 0 Å². The summed E-state index contributed by atoms with van der Waals surface area (Å²) in [4.78, 5) is 0. The fourth-order valence-electron chi connectivity index (χ4n) is 2.78. The van der Waals surface area contributed by atoms with E-state index in [1.54, 1.807) is 0 Å². The molecule has 4 heteroatoms. The maximum absolute atomic E-state index is 6.42. The van der Waals surface area contributed by atoms with Crippen molar-refractivity contribution in [3.05, 3.63) is 45.7 Å². The summed E-state index contributed by atoms with van der Waals surface area (Å²) in [6.45, 7) is 8.43. The van der Waals surface area contributed by atoms with Crippen LogP contribution in [0.1, 0.15) is 42.8 Å². The largest absolute Gasteiger partial charge is 0.327 e. The average molecular weight is 306 g/mol. The van der Waals surface area contributed by atoms with Gasteiger partial charge in [0.1, 0.15) is 0 Å². The molecule has 0 bridgehead atoms. The van der Waals surface area contributed by atoms with Crippen molar-refractivity contribution in [1.29, 1.82) is 0 Å². The molecule has 1 atom stereocenters. The lowest BCUT2D eigenvalue weighted by Gasteiger charge is -2.16. The van der Waals surface area contributed by atoms with E-state index in [4.69, 9.17) is 22.4 Å². The molecule has 0 radical (unpaired) electrons. The van der Waals surface area contributed by atoms with Gasteiger partial charge in [0.15, 0.2) is 0 Å². The van der Waals surface area contributed by atoms with Crippen LogP contribution in [0.4, 0.5) is 0 Å². The highest BCUT2D eigenvalue weighted by atomic mass is 35.5. The van der Waals surface area contributed by atoms with Crippen LogP contribution in [0.2, 0.25) is 5.02 Å². The monoisotopic (exact) mass is 305 g/mol. The second-order valence-electron chi connectivity index (χ2n) is 5.52. The fourth-order valence-corrected chi connectivity index (χ4v) is 3.02. The Bertz CT molecular complexity index is 631. The predicted molar refractivity (Wildman–Crippen MR) is 89.4 cm³/mol. The Morgan fingerprint density at radius 3 is 2.52 bits per heavy atom. The molecule has 0 aliphatic heterocycles. The first-order valence-electron chi connectivity index (χ1n) is 7.57. The average Bonchev–Trinajstić information content (AvgIpc) is 2.75. The number of halogens is 1. The van der Waals surface area contributed by atoms with E-state index in [9.17, 15) is 0 Å². The number of nitrogens with zero attached hydrogens (tertiary/aromatic N) is 2. The van der Waals surface area contributed by atoms with E-state index in [0.717, 1.165) is 41.2 Å². The SMILES string of the molecule is CCc1c(C)nn(-c2cccc(Cl)c2CC(N)CC)c1C. The number of aromatic nitrogens is 2. The number of aryl methyl sites for hydroxylation is 1. The van der Waals surface area contributed by atoms with Crippen LogP contribution >= 0.6 is 11.6 Å². The van der Waals surface area contributed by atoms with Crippen molar-refractivity contribution in [2.45, 2.75) is 53.0 Å². The van der Waals surface area contributed by atoms with E-state index in [1.165, 1.54) is 11.3 Å². The van der Waals surface area contributed by atoms with Crippen molar-refractivity contribution >= 4 is 11.6 Å². The fraction of sp³-hybridized carbons (Fsp3) is 0.471. The third-order valence-corrected chi connectivity index (χ3v) is 4.46. The summed E-state index contributed by atoms with van der Waals surface area (Å²) < 4.78 is 2.01. The zero-order valence-corrected chi connectivity index (χ0v) is 14.0. The minimum Gasteiger partial charge on any atom is -0.327 e.